The number of anilines is 1. The van der Waals surface area contributed by atoms with Gasteiger partial charge in [-0.2, -0.15) is 4.98 Å². The van der Waals surface area contributed by atoms with Crippen LogP contribution in [0.25, 0.3) is 11.2 Å². The number of aromatic nitrogens is 7. The third-order valence-electron chi connectivity index (χ3n) is 6.05. The highest BCUT2D eigenvalue weighted by Crippen LogP contribution is 2.57. The molecule has 4 heterocycles. The smallest absolute Gasteiger partial charge is 0.281 e. The van der Waals surface area contributed by atoms with Crippen LogP contribution in [0.3, 0.4) is 0 Å². The van der Waals surface area contributed by atoms with Gasteiger partial charge in [-0.3, -0.25) is 9.36 Å². The van der Waals surface area contributed by atoms with Gasteiger partial charge in [0, 0.05) is 36.8 Å². The van der Waals surface area contributed by atoms with E-state index in [1.54, 1.807) is 7.05 Å². The van der Waals surface area contributed by atoms with Gasteiger partial charge in [-0.15, -0.1) is 5.10 Å². The zero-order valence-corrected chi connectivity index (χ0v) is 16.8. The maximum Gasteiger partial charge on any atom is 0.281 e. The minimum absolute atomic E-state index is 0.163. The molecule has 0 amide bonds. The maximum atomic E-state index is 12.6. The Morgan fingerprint density at radius 3 is 2.90 bits per heavy atom. The number of aryl methyl sites for hydroxylation is 1. The van der Waals surface area contributed by atoms with Gasteiger partial charge in [-0.1, -0.05) is 28.0 Å². The molecule has 0 bridgehead atoms. The fourth-order valence-electron chi connectivity index (χ4n) is 4.50. The molecule has 1 saturated carbocycles. The Morgan fingerprint density at radius 1 is 1.27 bits per heavy atom. The molecule has 2 fully saturated rings. The largest absolute Gasteiger partial charge is 0.371 e. The van der Waals surface area contributed by atoms with E-state index in [1.807, 2.05) is 18.2 Å². The summed E-state index contributed by atoms with van der Waals surface area (Å²) in [5, 5.41) is 12.6. The molecule has 1 saturated heterocycles. The van der Waals surface area contributed by atoms with Crippen molar-refractivity contribution in [2.45, 2.75) is 12.5 Å². The summed E-state index contributed by atoms with van der Waals surface area (Å²) in [5.41, 5.74) is 1.57. The number of halogens is 1. The summed E-state index contributed by atoms with van der Waals surface area (Å²) in [7, 11) is 1.66. The topological polar surface area (TPSA) is 108 Å². The van der Waals surface area contributed by atoms with Crippen LogP contribution in [0, 0.1) is 11.8 Å². The maximum absolute atomic E-state index is 12.6. The molecular weight excluding hydrogens is 408 g/mol. The van der Waals surface area contributed by atoms with E-state index in [4.69, 9.17) is 16.1 Å². The lowest BCUT2D eigenvalue weighted by Gasteiger charge is -2.21. The molecule has 6 rings (SSSR count). The van der Waals surface area contributed by atoms with Crippen molar-refractivity contribution in [2.75, 3.05) is 18.0 Å². The predicted octanol–water partition coefficient (Wildman–Crippen LogP) is 1.46. The number of hydrogen-bond donors (Lipinski definition) is 0. The van der Waals surface area contributed by atoms with Gasteiger partial charge in [-0.25, -0.2) is 9.67 Å². The lowest BCUT2D eigenvalue weighted by atomic mass is 10.2. The van der Waals surface area contributed by atoms with E-state index in [0.29, 0.717) is 34.8 Å². The van der Waals surface area contributed by atoms with Crippen LogP contribution in [0.5, 0.6) is 0 Å². The summed E-state index contributed by atoms with van der Waals surface area (Å²) in [6.07, 6.45) is 1.43. The molecule has 11 heteroatoms. The van der Waals surface area contributed by atoms with Crippen LogP contribution in [-0.4, -0.2) is 47.8 Å². The molecule has 1 aliphatic heterocycles. The molecular formula is C19H17ClN8O2. The van der Waals surface area contributed by atoms with Crippen molar-refractivity contribution >= 4 is 28.5 Å². The van der Waals surface area contributed by atoms with Crippen LogP contribution in [0.1, 0.15) is 17.6 Å². The molecule has 0 spiro atoms. The Balaban J connectivity index is 1.17. The van der Waals surface area contributed by atoms with Crippen molar-refractivity contribution < 1.29 is 4.52 Å². The molecule has 0 unspecified atom stereocenters. The Bertz CT molecular complexity index is 1320. The standard InChI is InChI=1S/C19H17ClN8O2/c1-26-16-18(23-25-26)21-9-28(19(16)29)8-14-22-17(24-30-14)15-12-6-27(7-13(12)15)11-4-2-3-10(20)5-11/h2-5,9,12-13,15H,6-8H2,1H3/t12-,13+,15+. The van der Waals surface area contributed by atoms with E-state index in [0.717, 1.165) is 29.6 Å². The highest BCUT2D eigenvalue weighted by molar-refractivity contribution is 6.30. The fourth-order valence-corrected chi connectivity index (χ4v) is 4.68. The summed E-state index contributed by atoms with van der Waals surface area (Å²) in [4.78, 5) is 23.7. The number of nitrogens with zero attached hydrogens (tertiary/aromatic N) is 8. The average Bonchev–Trinajstić information content (AvgIpc) is 3.16. The van der Waals surface area contributed by atoms with Gasteiger partial charge in [-0.05, 0) is 30.0 Å². The number of fused-ring (bicyclic) bond motifs is 2. The first-order valence-corrected chi connectivity index (χ1v) is 10.0. The third-order valence-corrected chi connectivity index (χ3v) is 6.28. The number of rotatable bonds is 4. The van der Waals surface area contributed by atoms with Gasteiger partial charge < -0.3 is 9.42 Å². The first-order chi connectivity index (χ1) is 14.6. The molecule has 30 heavy (non-hydrogen) atoms. The van der Waals surface area contributed by atoms with Crippen LogP contribution in [0.15, 0.2) is 39.9 Å². The van der Waals surface area contributed by atoms with Gasteiger partial charge in [0.25, 0.3) is 5.56 Å². The zero-order chi connectivity index (χ0) is 20.4. The molecule has 10 nitrogen and oxygen atoms in total. The second kappa shape index (κ2) is 6.36. The minimum atomic E-state index is -0.243. The molecule has 0 radical (unpaired) electrons. The Morgan fingerprint density at radius 2 is 2.10 bits per heavy atom. The second-order valence-corrected chi connectivity index (χ2v) is 8.28. The predicted molar refractivity (Wildman–Crippen MR) is 107 cm³/mol. The molecule has 3 aromatic heterocycles. The SMILES string of the molecule is Cn1nnc2ncn(Cc3nc([C@H]4[C@@H]5CN(c6cccc(Cl)c6)C[C@@H]54)no3)c(=O)c21. The Hall–Kier alpha value is -3.27. The fraction of sp³-hybridized carbons (Fsp3) is 0.368. The van der Waals surface area contributed by atoms with Crippen molar-refractivity contribution in [3.05, 3.63) is 57.7 Å². The Labute approximate surface area is 175 Å². The van der Waals surface area contributed by atoms with Crippen molar-refractivity contribution in [3.8, 4) is 0 Å². The van der Waals surface area contributed by atoms with Crippen LogP contribution in [0.4, 0.5) is 5.69 Å². The lowest BCUT2D eigenvalue weighted by Crippen LogP contribution is -2.23. The monoisotopic (exact) mass is 424 g/mol. The number of hydrogen-bond acceptors (Lipinski definition) is 8. The molecule has 0 N–H and O–H groups in total. The van der Waals surface area contributed by atoms with E-state index < -0.39 is 0 Å². The summed E-state index contributed by atoms with van der Waals surface area (Å²) in [6, 6.07) is 7.93. The van der Waals surface area contributed by atoms with Crippen molar-refractivity contribution in [1.82, 2.24) is 34.7 Å². The highest BCUT2D eigenvalue weighted by atomic mass is 35.5. The highest BCUT2D eigenvalue weighted by Gasteiger charge is 2.58. The normalized spacial score (nSPS) is 22.6. The molecule has 4 aromatic rings. The first kappa shape index (κ1) is 17.6. The number of piperidine rings is 1. The summed E-state index contributed by atoms with van der Waals surface area (Å²) in [6.45, 7) is 2.07. The minimum Gasteiger partial charge on any atom is -0.371 e. The van der Waals surface area contributed by atoms with Gasteiger partial charge in [0.15, 0.2) is 11.3 Å². The van der Waals surface area contributed by atoms with Gasteiger partial charge in [0.2, 0.25) is 11.5 Å². The summed E-state index contributed by atoms with van der Waals surface area (Å²) < 4.78 is 8.27. The summed E-state index contributed by atoms with van der Waals surface area (Å²) >= 11 is 6.11. The molecule has 1 aliphatic carbocycles. The van der Waals surface area contributed by atoms with E-state index in [1.165, 1.54) is 15.6 Å². The van der Waals surface area contributed by atoms with Crippen LogP contribution < -0.4 is 10.5 Å². The van der Waals surface area contributed by atoms with E-state index >= 15 is 0 Å². The average molecular weight is 425 g/mol. The molecule has 1 aromatic carbocycles. The van der Waals surface area contributed by atoms with Gasteiger partial charge in [0.1, 0.15) is 12.9 Å². The molecule has 152 valence electrons. The van der Waals surface area contributed by atoms with Crippen LogP contribution in [0.2, 0.25) is 5.02 Å². The van der Waals surface area contributed by atoms with E-state index in [2.05, 4.69) is 36.4 Å². The van der Waals surface area contributed by atoms with E-state index in [9.17, 15) is 4.79 Å². The number of benzene rings is 1. The van der Waals surface area contributed by atoms with Crippen LogP contribution >= 0.6 is 11.6 Å². The Kier molecular flexibility index (Phi) is 3.73. The van der Waals surface area contributed by atoms with Crippen molar-refractivity contribution in [1.29, 1.82) is 0 Å². The third kappa shape index (κ3) is 2.71. The van der Waals surface area contributed by atoms with E-state index in [-0.39, 0.29) is 12.1 Å². The molecule has 3 atom stereocenters. The van der Waals surface area contributed by atoms with Crippen molar-refractivity contribution in [2.24, 2.45) is 18.9 Å². The van der Waals surface area contributed by atoms with Crippen LogP contribution in [-0.2, 0) is 13.6 Å². The first-order valence-electron chi connectivity index (χ1n) is 9.66. The zero-order valence-electron chi connectivity index (χ0n) is 16.0. The van der Waals surface area contributed by atoms with Crippen molar-refractivity contribution in [3.63, 3.8) is 0 Å². The quantitative estimate of drug-likeness (QED) is 0.484. The van der Waals surface area contributed by atoms with Gasteiger partial charge >= 0.3 is 0 Å². The van der Waals surface area contributed by atoms with Gasteiger partial charge in [0.05, 0.1) is 0 Å². The lowest BCUT2D eigenvalue weighted by molar-refractivity contribution is 0.363. The summed E-state index contributed by atoms with van der Waals surface area (Å²) in [5.74, 6) is 2.43. The second-order valence-electron chi connectivity index (χ2n) is 7.85. The molecule has 2 aliphatic rings.